The third kappa shape index (κ3) is 3.95. The van der Waals surface area contributed by atoms with E-state index in [2.05, 4.69) is 43.0 Å². The van der Waals surface area contributed by atoms with Gasteiger partial charge in [0.15, 0.2) is 0 Å². The van der Waals surface area contributed by atoms with E-state index in [9.17, 15) is 0 Å². The standard InChI is InChI=1S/C16H26N2O/c1-16(2,19-3)10-11-18(15-8-9-15)14-6-4-13(12-17)5-7-14/h4-7,15H,8-12,17H2,1-3H3. The molecule has 1 aromatic carbocycles. The molecule has 2 rings (SSSR count). The van der Waals surface area contributed by atoms with Gasteiger partial charge in [0.05, 0.1) is 5.60 Å². The van der Waals surface area contributed by atoms with E-state index in [1.807, 2.05) is 0 Å². The van der Waals surface area contributed by atoms with Gasteiger partial charge in [0.2, 0.25) is 0 Å². The molecule has 3 heteroatoms. The molecule has 0 radical (unpaired) electrons. The minimum Gasteiger partial charge on any atom is -0.379 e. The average Bonchev–Trinajstić information content (AvgIpc) is 3.24. The molecule has 1 saturated carbocycles. The molecule has 3 nitrogen and oxygen atoms in total. The van der Waals surface area contributed by atoms with E-state index in [0.717, 1.165) is 19.0 Å². The van der Waals surface area contributed by atoms with Gasteiger partial charge in [-0.3, -0.25) is 0 Å². The lowest BCUT2D eigenvalue weighted by molar-refractivity contribution is 0.0171. The lowest BCUT2D eigenvalue weighted by Crippen LogP contribution is -2.33. The number of hydrogen-bond acceptors (Lipinski definition) is 3. The van der Waals surface area contributed by atoms with Crippen LogP contribution in [0.2, 0.25) is 0 Å². The van der Waals surface area contributed by atoms with Crippen molar-refractivity contribution < 1.29 is 4.74 Å². The zero-order chi connectivity index (χ0) is 13.9. The molecule has 1 aliphatic carbocycles. The Labute approximate surface area is 116 Å². The van der Waals surface area contributed by atoms with Crippen molar-refractivity contribution in [1.82, 2.24) is 0 Å². The van der Waals surface area contributed by atoms with Crippen molar-refractivity contribution >= 4 is 5.69 Å². The first kappa shape index (κ1) is 14.4. The number of nitrogens with two attached hydrogens (primary N) is 1. The molecular formula is C16H26N2O. The first-order chi connectivity index (χ1) is 9.05. The van der Waals surface area contributed by atoms with Crippen LogP contribution in [0.3, 0.4) is 0 Å². The van der Waals surface area contributed by atoms with E-state index in [1.54, 1.807) is 7.11 Å². The minimum absolute atomic E-state index is 0.0513. The quantitative estimate of drug-likeness (QED) is 0.821. The highest BCUT2D eigenvalue weighted by Gasteiger charge is 2.30. The van der Waals surface area contributed by atoms with Crippen LogP contribution in [0.1, 0.15) is 38.7 Å². The van der Waals surface area contributed by atoms with Crippen LogP contribution in [0.25, 0.3) is 0 Å². The summed E-state index contributed by atoms with van der Waals surface area (Å²) in [5.74, 6) is 0. The van der Waals surface area contributed by atoms with Gasteiger partial charge in [-0.1, -0.05) is 12.1 Å². The molecule has 0 heterocycles. The van der Waals surface area contributed by atoms with Crippen molar-refractivity contribution in [3.63, 3.8) is 0 Å². The number of hydrogen-bond donors (Lipinski definition) is 1. The van der Waals surface area contributed by atoms with Crippen LogP contribution < -0.4 is 10.6 Å². The smallest absolute Gasteiger partial charge is 0.0639 e. The topological polar surface area (TPSA) is 38.5 Å². The van der Waals surface area contributed by atoms with Gasteiger partial charge >= 0.3 is 0 Å². The Bertz CT molecular complexity index is 396. The first-order valence-electron chi connectivity index (χ1n) is 7.16. The Hall–Kier alpha value is -1.06. The van der Waals surface area contributed by atoms with E-state index in [1.165, 1.54) is 24.1 Å². The summed E-state index contributed by atoms with van der Waals surface area (Å²) in [5, 5.41) is 0. The highest BCUT2D eigenvalue weighted by Crippen LogP contribution is 2.32. The molecule has 1 aliphatic rings. The van der Waals surface area contributed by atoms with E-state index in [-0.39, 0.29) is 5.60 Å². The Balaban J connectivity index is 2.03. The summed E-state index contributed by atoms with van der Waals surface area (Å²) >= 11 is 0. The lowest BCUT2D eigenvalue weighted by atomic mass is 10.0. The van der Waals surface area contributed by atoms with Gasteiger partial charge < -0.3 is 15.4 Å². The van der Waals surface area contributed by atoms with Crippen LogP contribution >= 0.6 is 0 Å². The van der Waals surface area contributed by atoms with Crippen LogP contribution in [0.4, 0.5) is 5.69 Å². The first-order valence-corrected chi connectivity index (χ1v) is 7.16. The number of rotatable bonds is 7. The molecule has 2 N–H and O–H groups in total. The van der Waals surface area contributed by atoms with Crippen molar-refractivity contribution in [2.75, 3.05) is 18.6 Å². The summed E-state index contributed by atoms with van der Waals surface area (Å²) in [4.78, 5) is 2.51. The zero-order valence-electron chi connectivity index (χ0n) is 12.4. The molecule has 0 atom stereocenters. The molecule has 106 valence electrons. The fourth-order valence-electron chi connectivity index (χ4n) is 2.22. The van der Waals surface area contributed by atoms with E-state index < -0.39 is 0 Å². The molecule has 0 bridgehead atoms. The number of anilines is 1. The Morgan fingerprint density at radius 1 is 1.26 bits per heavy atom. The van der Waals surface area contributed by atoms with E-state index in [4.69, 9.17) is 10.5 Å². The summed E-state index contributed by atoms with van der Waals surface area (Å²) < 4.78 is 5.52. The largest absolute Gasteiger partial charge is 0.379 e. The molecule has 1 aromatic rings. The van der Waals surface area contributed by atoms with Crippen LogP contribution in [-0.2, 0) is 11.3 Å². The fraction of sp³-hybridized carbons (Fsp3) is 0.625. The number of ether oxygens (including phenoxy) is 1. The molecule has 1 fully saturated rings. The van der Waals surface area contributed by atoms with E-state index in [0.29, 0.717) is 6.54 Å². The van der Waals surface area contributed by atoms with Crippen molar-refractivity contribution in [3.05, 3.63) is 29.8 Å². The van der Waals surface area contributed by atoms with Gasteiger partial charge in [-0.05, 0) is 50.8 Å². The van der Waals surface area contributed by atoms with Gasteiger partial charge in [0, 0.05) is 31.9 Å². The second-order valence-electron chi connectivity index (χ2n) is 6.01. The number of methoxy groups -OCH3 is 1. The fourth-order valence-corrected chi connectivity index (χ4v) is 2.22. The maximum Gasteiger partial charge on any atom is 0.0639 e. The molecule has 0 spiro atoms. The third-order valence-corrected chi connectivity index (χ3v) is 4.00. The Morgan fingerprint density at radius 3 is 2.37 bits per heavy atom. The molecule has 0 unspecified atom stereocenters. The monoisotopic (exact) mass is 262 g/mol. The van der Waals surface area contributed by atoms with Crippen molar-refractivity contribution in [2.45, 2.75) is 51.3 Å². The predicted octanol–water partition coefficient (Wildman–Crippen LogP) is 2.93. The van der Waals surface area contributed by atoms with Gasteiger partial charge in [-0.2, -0.15) is 0 Å². The summed E-state index contributed by atoms with van der Waals surface area (Å²) in [5.41, 5.74) is 8.10. The van der Waals surface area contributed by atoms with Crippen molar-refractivity contribution in [1.29, 1.82) is 0 Å². The highest BCUT2D eigenvalue weighted by molar-refractivity contribution is 5.49. The second-order valence-corrected chi connectivity index (χ2v) is 6.01. The summed E-state index contributed by atoms with van der Waals surface area (Å²) in [6.45, 7) is 5.96. The molecule has 0 aliphatic heterocycles. The number of nitrogens with zero attached hydrogens (tertiary/aromatic N) is 1. The second kappa shape index (κ2) is 5.93. The summed E-state index contributed by atoms with van der Waals surface area (Å²) in [6, 6.07) is 9.37. The van der Waals surface area contributed by atoms with Gasteiger partial charge in [0.25, 0.3) is 0 Å². The maximum atomic E-state index is 5.65. The zero-order valence-corrected chi connectivity index (χ0v) is 12.4. The lowest BCUT2D eigenvalue weighted by Gasteiger charge is -2.30. The summed E-state index contributed by atoms with van der Waals surface area (Å²) in [7, 11) is 1.79. The predicted molar refractivity (Wildman–Crippen MR) is 80.4 cm³/mol. The highest BCUT2D eigenvalue weighted by atomic mass is 16.5. The average molecular weight is 262 g/mol. The maximum absolute atomic E-state index is 5.65. The van der Waals surface area contributed by atoms with Crippen LogP contribution in [-0.4, -0.2) is 25.3 Å². The van der Waals surface area contributed by atoms with Crippen LogP contribution in [0, 0.1) is 0 Å². The van der Waals surface area contributed by atoms with Crippen molar-refractivity contribution in [3.8, 4) is 0 Å². The minimum atomic E-state index is -0.0513. The molecule has 19 heavy (non-hydrogen) atoms. The Morgan fingerprint density at radius 2 is 1.89 bits per heavy atom. The van der Waals surface area contributed by atoms with Crippen LogP contribution in [0.5, 0.6) is 0 Å². The van der Waals surface area contributed by atoms with Gasteiger partial charge in [-0.25, -0.2) is 0 Å². The van der Waals surface area contributed by atoms with Gasteiger partial charge in [0.1, 0.15) is 0 Å². The van der Waals surface area contributed by atoms with Crippen molar-refractivity contribution in [2.24, 2.45) is 5.73 Å². The van der Waals surface area contributed by atoms with E-state index >= 15 is 0 Å². The summed E-state index contributed by atoms with van der Waals surface area (Å²) in [6.07, 6.45) is 3.66. The molecule has 0 saturated heterocycles. The molecule has 0 aromatic heterocycles. The normalized spacial score (nSPS) is 15.6. The van der Waals surface area contributed by atoms with Gasteiger partial charge in [-0.15, -0.1) is 0 Å². The third-order valence-electron chi connectivity index (χ3n) is 4.00. The Kier molecular flexibility index (Phi) is 4.48. The van der Waals surface area contributed by atoms with Crippen LogP contribution in [0.15, 0.2) is 24.3 Å². The molecular weight excluding hydrogens is 236 g/mol. The SMILES string of the molecule is COC(C)(C)CCN(c1ccc(CN)cc1)C1CC1. The molecule has 0 amide bonds. The number of benzene rings is 1.